The quantitative estimate of drug-likeness (QED) is 0.778. The third-order valence-corrected chi connectivity index (χ3v) is 4.82. The number of aromatic amines is 1. The van der Waals surface area contributed by atoms with Gasteiger partial charge in [0.2, 0.25) is 0 Å². The first-order valence-corrected chi connectivity index (χ1v) is 8.52. The summed E-state index contributed by atoms with van der Waals surface area (Å²) in [6, 6.07) is 0. The maximum Gasteiger partial charge on any atom is 0.195 e. The fraction of sp³-hybridized carbons (Fsp3) is 0.875. The molecule has 1 heterocycles. The topological polar surface area (TPSA) is 33.6 Å². The van der Waals surface area contributed by atoms with E-state index >= 15 is 0 Å². The van der Waals surface area contributed by atoms with E-state index < -0.39 is 0 Å². The highest BCUT2D eigenvalue weighted by atomic mass is 32.1. The van der Waals surface area contributed by atoms with Gasteiger partial charge in [-0.25, -0.2) is 0 Å². The molecule has 1 fully saturated rings. The summed E-state index contributed by atoms with van der Waals surface area (Å²) in [6.45, 7) is 8.89. The Kier molecular flexibility index (Phi) is 5.05. The molecule has 1 aliphatic rings. The molecule has 4 heteroatoms. The predicted octanol–water partition coefficient (Wildman–Crippen LogP) is 5.16. The van der Waals surface area contributed by atoms with Crippen LogP contribution in [0.2, 0.25) is 0 Å². The van der Waals surface area contributed by atoms with Crippen molar-refractivity contribution in [1.29, 1.82) is 0 Å². The SMILES string of the molecule is CCCCC1CCC(c2n[nH]c(=S)n2C(C)(C)C)CC1. The van der Waals surface area contributed by atoms with Crippen molar-refractivity contribution in [3.8, 4) is 0 Å². The molecule has 0 bridgehead atoms. The van der Waals surface area contributed by atoms with Crippen LogP contribution in [-0.2, 0) is 5.54 Å². The van der Waals surface area contributed by atoms with E-state index in [1.54, 1.807) is 0 Å². The van der Waals surface area contributed by atoms with E-state index in [0.717, 1.165) is 10.7 Å². The van der Waals surface area contributed by atoms with Gasteiger partial charge in [0.25, 0.3) is 0 Å². The van der Waals surface area contributed by atoms with Gasteiger partial charge in [-0.2, -0.15) is 5.10 Å². The number of nitrogens with one attached hydrogen (secondary N) is 1. The summed E-state index contributed by atoms with van der Waals surface area (Å²) in [4.78, 5) is 0. The van der Waals surface area contributed by atoms with E-state index in [-0.39, 0.29) is 5.54 Å². The Morgan fingerprint density at radius 2 is 1.90 bits per heavy atom. The van der Waals surface area contributed by atoms with Crippen molar-refractivity contribution in [2.24, 2.45) is 5.92 Å². The fourth-order valence-electron chi connectivity index (χ4n) is 3.43. The molecule has 0 aliphatic heterocycles. The number of nitrogens with zero attached hydrogens (tertiary/aromatic N) is 2. The molecule has 0 atom stereocenters. The van der Waals surface area contributed by atoms with Gasteiger partial charge in [0, 0.05) is 11.5 Å². The molecule has 0 aromatic carbocycles. The number of aromatic nitrogens is 3. The molecule has 20 heavy (non-hydrogen) atoms. The maximum atomic E-state index is 5.42. The van der Waals surface area contributed by atoms with Crippen molar-refractivity contribution < 1.29 is 0 Å². The maximum absolute atomic E-state index is 5.42. The van der Waals surface area contributed by atoms with Gasteiger partial charge < -0.3 is 0 Å². The number of H-pyrrole nitrogens is 1. The molecule has 1 saturated carbocycles. The number of hydrogen-bond acceptors (Lipinski definition) is 2. The Morgan fingerprint density at radius 1 is 1.25 bits per heavy atom. The van der Waals surface area contributed by atoms with Gasteiger partial charge in [-0.3, -0.25) is 9.67 Å². The highest BCUT2D eigenvalue weighted by Crippen LogP contribution is 2.38. The molecule has 1 aromatic rings. The molecule has 2 rings (SSSR count). The molecule has 3 nitrogen and oxygen atoms in total. The zero-order chi connectivity index (χ0) is 14.8. The van der Waals surface area contributed by atoms with Gasteiger partial charge in [-0.05, 0) is 64.6 Å². The minimum absolute atomic E-state index is 0.0124. The number of hydrogen-bond donors (Lipinski definition) is 1. The molecule has 1 aliphatic carbocycles. The summed E-state index contributed by atoms with van der Waals surface area (Å²) in [6.07, 6.45) is 9.37. The molecule has 0 unspecified atom stereocenters. The van der Waals surface area contributed by atoms with Crippen LogP contribution in [0.5, 0.6) is 0 Å². The molecule has 0 spiro atoms. The minimum Gasteiger partial charge on any atom is -0.299 e. The van der Waals surface area contributed by atoms with Gasteiger partial charge in [0.15, 0.2) is 4.77 Å². The lowest BCUT2D eigenvalue weighted by Crippen LogP contribution is -2.27. The van der Waals surface area contributed by atoms with Crippen molar-refractivity contribution in [3.05, 3.63) is 10.6 Å². The highest BCUT2D eigenvalue weighted by molar-refractivity contribution is 7.71. The van der Waals surface area contributed by atoms with Crippen molar-refractivity contribution in [3.63, 3.8) is 0 Å². The third-order valence-electron chi connectivity index (χ3n) is 4.55. The first-order valence-electron chi connectivity index (χ1n) is 8.11. The van der Waals surface area contributed by atoms with E-state index in [1.165, 1.54) is 50.8 Å². The fourth-order valence-corrected chi connectivity index (χ4v) is 3.85. The standard InChI is InChI=1S/C16H29N3S/c1-5-6-7-12-8-10-13(11-9-12)14-17-18-15(20)19(14)16(2,3)4/h12-13H,5-11H2,1-4H3,(H,18,20). The smallest absolute Gasteiger partial charge is 0.195 e. The summed E-state index contributed by atoms with van der Waals surface area (Å²) in [7, 11) is 0. The van der Waals surface area contributed by atoms with Crippen LogP contribution in [0.3, 0.4) is 0 Å². The molecular weight excluding hydrogens is 266 g/mol. The predicted molar refractivity (Wildman–Crippen MR) is 86.6 cm³/mol. The Morgan fingerprint density at radius 3 is 2.45 bits per heavy atom. The summed E-state index contributed by atoms with van der Waals surface area (Å²) >= 11 is 5.42. The van der Waals surface area contributed by atoms with Gasteiger partial charge >= 0.3 is 0 Å². The van der Waals surface area contributed by atoms with Gasteiger partial charge in [0.1, 0.15) is 5.82 Å². The summed E-state index contributed by atoms with van der Waals surface area (Å²) in [5.41, 5.74) is 0.0124. The molecule has 0 amide bonds. The van der Waals surface area contributed by atoms with Crippen molar-refractivity contribution in [2.45, 2.75) is 84.1 Å². The summed E-state index contributed by atoms with van der Waals surface area (Å²) < 4.78 is 2.99. The second-order valence-electron chi connectivity index (χ2n) is 7.25. The summed E-state index contributed by atoms with van der Waals surface area (Å²) in [5, 5.41) is 7.54. The van der Waals surface area contributed by atoms with Crippen LogP contribution in [0, 0.1) is 10.7 Å². The van der Waals surface area contributed by atoms with Gasteiger partial charge in [-0.1, -0.05) is 26.2 Å². The Labute approximate surface area is 128 Å². The van der Waals surface area contributed by atoms with E-state index in [1.807, 2.05) is 0 Å². The van der Waals surface area contributed by atoms with Gasteiger partial charge in [-0.15, -0.1) is 0 Å². The Hall–Kier alpha value is -0.640. The first kappa shape index (κ1) is 15.7. The highest BCUT2D eigenvalue weighted by Gasteiger charge is 2.28. The average molecular weight is 295 g/mol. The van der Waals surface area contributed by atoms with Crippen molar-refractivity contribution in [1.82, 2.24) is 14.8 Å². The van der Waals surface area contributed by atoms with E-state index in [2.05, 4.69) is 42.5 Å². The molecule has 1 N–H and O–H groups in total. The van der Waals surface area contributed by atoms with Crippen LogP contribution in [0.1, 0.15) is 84.4 Å². The van der Waals surface area contributed by atoms with Crippen molar-refractivity contribution in [2.75, 3.05) is 0 Å². The lowest BCUT2D eigenvalue weighted by molar-refractivity contribution is 0.281. The molecule has 1 aromatic heterocycles. The Bertz CT molecular complexity index is 473. The second kappa shape index (κ2) is 6.42. The largest absolute Gasteiger partial charge is 0.299 e. The van der Waals surface area contributed by atoms with E-state index in [4.69, 9.17) is 12.2 Å². The molecule has 0 saturated heterocycles. The number of rotatable bonds is 4. The first-order chi connectivity index (χ1) is 9.43. The molecule has 114 valence electrons. The normalized spacial score (nSPS) is 24.0. The summed E-state index contributed by atoms with van der Waals surface area (Å²) in [5.74, 6) is 2.70. The third kappa shape index (κ3) is 3.51. The van der Waals surface area contributed by atoms with Crippen molar-refractivity contribution >= 4 is 12.2 Å². The van der Waals surface area contributed by atoms with Crippen LogP contribution in [-0.4, -0.2) is 14.8 Å². The van der Waals surface area contributed by atoms with Crippen LogP contribution in [0.15, 0.2) is 0 Å². The lowest BCUT2D eigenvalue weighted by atomic mass is 9.79. The van der Waals surface area contributed by atoms with Crippen LogP contribution in [0.4, 0.5) is 0 Å². The van der Waals surface area contributed by atoms with E-state index in [9.17, 15) is 0 Å². The zero-order valence-electron chi connectivity index (χ0n) is 13.4. The van der Waals surface area contributed by atoms with E-state index in [0.29, 0.717) is 5.92 Å². The monoisotopic (exact) mass is 295 g/mol. The average Bonchev–Trinajstić information content (AvgIpc) is 2.79. The number of unbranched alkanes of at least 4 members (excludes halogenated alkanes) is 1. The van der Waals surface area contributed by atoms with Crippen LogP contribution >= 0.6 is 12.2 Å². The van der Waals surface area contributed by atoms with Crippen LogP contribution in [0.25, 0.3) is 0 Å². The molecule has 0 radical (unpaired) electrons. The van der Waals surface area contributed by atoms with Crippen LogP contribution < -0.4 is 0 Å². The zero-order valence-corrected chi connectivity index (χ0v) is 14.2. The lowest BCUT2D eigenvalue weighted by Gasteiger charge is -2.31. The minimum atomic E-state index is 0.0124. The Balaban J connectivity index is 2.06. The van der Waals surface area contributed by atoms with Gasteiger partial charge in [0.05, 0.1) is 0 Å². The second-order valence-corrected chi connectivity index (χ2v) is 7.64. The molecular formula is C16H29N3S.